The number of benzene rings is 3. The number of rotatable bonds is 7. The molecule has 0 radical (unpaired) electrons. The predicted molar refractivity (Wildman–Crippen MR) is 144 cm³/mol. The second-order valence-corrected chi connectivity index (χ2v) is 14.8. The molecule has 4 atom stereocenters. The molecule has 180 valence electrons. The quantitative estimate of drug-likeness (QED) is 0.315. The van der Waals surface area contributed by atoms with Crippen LogP contribution < -0.4 is 5.32 Å². The van der Waals surface area contributed by atoms with Gasteiger partial charge < -0.3 is 10.1 Å². The molecule has 35 heavy (non-hydrogen) atoms. The van der Waals surface area contributed by atoms with Crippen LogP contribution in [0.1, 0.15) is 35.8 Å². The largest absolute Gasteiger partial charge is 0.439 e. The van der Waals surface area contributed by atoms with Crippen LogP contribution in [-0.2, 0) is 11.3 Å². The van der Waals surface area contributed by atoms with Crippen LogP contribution in [0, 0.1) is 11.5 Å². The highest BCUT2D eigenvalue weighted by Gasteiger charge is 2.47. The average molecular weight is 483 g/mol. The molecule has 3 aromatic rings. The molecule has 0 aliphatic carbocycles. The van der Waals surface area contributed by atoms with Gasteiger partial charge in [0, 0.05) is 12.6 Å². The number of ether oxygens (including phenoxy) is 1. The Bertz CT molecular complexity index is 1170. The Labute approximate surface area is 210 Å². The molecule has 4 nitrogen and oxygen atoms in total. The van der Waals surface area contributed by atoms with Crippen molar-refractivity contribution in [3.05, 3.63) is 108 Å². The summed E-state index contributed by atoms with van der Waals surface area (Å²) in [5.41, 5.74) is 6.75. The topological polar surface area (TPSA) is 41.6 Å². The molecule has 1 aliphatic heterocycles. The van der Waals surface area contributed by atoms with Crippen molar-refractivity contribution < 1.29 is 9.53 Å². The van der Waals surface area contributed by atoms with Gasteiger partial charge in [-0.25, -0.2) is 4.79 Å². The molecule has 1 fully saturated rings. The SMILES string of the molecule is C[C@@H](NCc1ccccc1)[C@@H](C#C[Si](C)(C)C)N1C(=O)O[C@@H](c2ccccc2)[C@H]1c1ccccc1. The zero-order chi connectivity index (χ0) is 24.8. The molecule has 3 aromatic carbocycles. The van der Waals surface area contributed by atoms with E-state index in [2.05, 4.69) is 67.6 Å². The Morgan fingerprint density at radius 2 is 1.43 bits per heavy atom. The monoisotopic (exact) mass is 482 g/mol. The summed E-state index contributed by atoms with van der Waals surface area (Å²) in [6.07, 6.45) is -0.723. The van der Waals surface area contributed by atoms with Crippen LogP contribution in [0.2, 0.25) is 19.6 Å². The third kappa shape index (κ3) is 6.22. The lowest BCUT2D eigenvalue weighted by Crippen LogP contribution is -2.49. The molecule has 0 unspecified atom stereocenters. The molecule has 1 saturated heterocycles. The number of nitrogens with one attached hydrogen (secondary N) is 1. The molecule has 1 aliphatic rings. The van der Waals surface area contributed by atoms with Gasteiger partial charge in [-0.1, -0.05) is 117 Å². The number of hydrogen-bond acceptors (Lipinski definition) is 3. The Hall–Kier alpha value is -3.33. The van der Waals surface area contributed by atoms with Crippen molar-refractivity contribution in [2.24, 2.45) is 0 Å². The number of amides is 1. The molecule has 5 heteroatoms. The van der Waals surface area contributed by atoms with Crippen molar-refractivity contribution in [3.8, 4) is 11.5 Å². The van der Waals surface area contributed by atoms with Gasteiger partial charge in [0.1, 0.15) is 20.2 Å². The molecule has 0 spiro atoms. The van der Waals surface area contributed by atoms with E-state index in [1.807, 2.05) is 71.6 Å². The number of carbonyl (C=O) groups is 1. The first kappa shape index (κ1) is 24.8. The summed E-state index contributed by atoms with van der Waals surface area (Å²) in [5, 5.41) is 3.62. The van der Waals surface area contributed by atoms with E-state index in [1.54, 1.807) is 0 Å². The Morgan fingerprint density at radius 3 is 2.00 bits per heavy atom. The molecule has 4 rings (SSSR count). The maximum absolute atomic E-state index is 13.5. The smallest absolute Gasteiger partial charge is 0.412 e. The lowest BCUT2D eigenvalue weighted by molar-refractivity contribution is 0.128. The highest BCUT2D eigenvalue weighted by atomic mass is 28.3. The fourth-order valence-corrected chi connectivity index (χ4v) is 4.95. The van der Waals surface area contributed by atoms with E-state index in [1.165, 1.54) is 5.56 Å². The molecule has 0 aromatic heterocycles. The maximum atomic E-state index is 13.5. The van der Waals surface area contributed by atoms with Gasteiger partial charge in [0.25, 0.3) is 0 Å². The normalized spacial score (nSPS) is 19.4. The summed E-state index contributed by atoms with van der Waals surface area (Å²) in [7, 11) is -1.68. The van der Waals surface area contributed by atoms with Gasteiger partial charge in [0.2, 0.25) is 0 Å². The van der Waals surface area contributed by atoms with E-state index >= 15 is 0 Å². The zero-order valence-electron chi connectivity index (χ0n) is 20.9. The minimum Gasteiger partial charge on any atom is -0.439 e. The van der Waals surface area contributed by atoms with Crippen LogP contribution in [-0.4, -0.2) is 31.2 Å². The number of cyclic esters (lactones) is 1. The summed E-state index contributed by atoms with van der Waals surface area (Å²) in [4.78, 5) is 15.4. The van der Waals surface area contributed by atoms with E-state index in [-0.39, 0.29) is 24.2 Å². The van der Waals surface area contributed by atoms with Gasteiger partial charge in [-0.3, -0.25) is 4.90 Å². The summed E-state index contributed by atoms with van der Waals surface area (Å²) < 4.78 is 6.06. The Kier molecular flexibility index (Phi) is 7.75. The van der Waals surface area contributed by atoms with Crippen molar-refractivity contribution in [1.82, 2.24) is 10.2 Å². The summed E-state index contributed by atoms with van der Waals surface area (Å²) in [5.74, 6) is 3.51. The third-order valence-corrected chi connectivity index (χ3v) is 7.03. The molecule has 0 saturated carbocycles. The molecular formula is C30H34N2O2Si. The lowest BCUT2D eigenvalue weighted by Gasteiger charge is -2.33. The van der Waals surface area contributed by atoms with Gasteiger partial charge in [0.15, 0.2) is 6.10 Å². The van der Waals surface area contributed by atoms with Gasteiger partial charge in [-0.2, -0.15) is 0 Å². The van der Waals surface area contributed by atoms with Crippen LogP contribution in [0.3, 0.4) is 0 Å². The first-order chi connectivity index (χ1) is 16.8. The van der Waals surface area contributed by atoms with E-state index in [4.69, 9.17) is 4.74 Å². The van der Waals surface area contributed by atoms with Crippen molar-refractivity contribution in [3.63, 3.8) is 0 Å². The Balaban J connectivity index is 1.72. The number of hydrogen-bond donors (Lipinski definition) is 1. The highest BCUT2D eigenvalue weighted by Crippen LogP contribution is 2.44. The first-order valence-corrected chi connectivity index (χ1v) is 15.7. The fourth-order valence-electron chi connectivity index (χ4n) is 4.37. The third-order valence-electron chi connectivity index (χ3n) is 6.13. The first-order valence-electron chi connectivity index (χ1n) is 12.2. The van der Waals surface area contributed by atoms with Crippen molar-refractivity contribution in [1.29, 1.82) is 0 Å². The van der Waals surface area contributed by atoms with Gasteiger partial charge in [-0.15, -0.1) is 5.54 Å². The molecular weight excluding hydrogens is 448 g/mol. The van der Waals surface area contributed by atoms with Crippen LogP contribution in [0.15, 0.2) is 91.0 Å². The lowest BCUT2D eigenvalue weighted by atomic mass is 9.93. The number of carbonyl (C=O) groups excluding carboxylic acids is 1. The molecule has 1 N–H and O–H groups in total. The van der Waals surface area contributed by atoms with Crippen molar-refractivity contribution in [2.75, 3.05) is 0 Å². The van der Waals surface area contributed by atoms with E-state index < -0.39 is 14.2 Å². The molecule has 0 bridgehead atoms. The van der Waals surface area contributed by atoms with E-state index in [0.29, 0.717) is 6.54 Å². The fraction of sp³-hybridized carbons (Fsp3) is 0.300. The maximum Gasteiger partial charge on any atom is 0.412 e. The predicted octanol–water partition coefficient (Wildman–Crippen LogP) is 6.35. The summed E-state index contributed by atoms with van der Waals surface area (Å²) >= 11 is 0. The second-order valence-electron chi connectivity index (χ2n) is 10.1. The zero-order valence-corrected chi connectivity index (χ0v) is 21.9. The van der Waals surface area contributed by atoms with Gasteiger partial charge in [0.05, 0.1) is 0 Å². The van der Waals surface area contributed by atoms with Crippen LogP contribution >= 0.6 is 0 Å². The Morgan fingerprint density at radius 1 is 0.886 bits per heavy atom. The van der Waals surface area contributed by atoms with Gasteiger partial charge >= 0.3 is 6.09 Å². The molecule has 1 heterocycles. The van der Waals surface area contributed by atoms with Gasteiger partial charge in [-0.05, 0) is 23.6 Å². The van der Waals surface area contributed by atoms with Crippen molar-refractivity contribution in [2.45, 2.75) is 57.3 Å². The van der Waals surface area contributed by atoms with Crippen LogP contribution in [0.4, 0.5) is 4.79 Å². The van der Waals surface area contributed by atoms with E-state index in [9.17, 15) is 4.79 Å². The van der Waals surface area contributed by atoms with E-state index in [0.717, 1.165) is 11.1 Å². The molecule has 1 amide bonds. The second kappa shape index (κ2) is 10.9. The highest BCUT2D eigenvalue weighted by molar-refractivity contribution is 6.83. The summed E-state index contributed by atoms with van der Waals surface area (Å²) in [6, 6.07) is 29.8. The van der Waals surface area contributed by atoms with Crippen LogP contribution in [0.25, 0.3) is 0 Å². The summed E-state index contributed by atoms with van der Waals surface area (Å²) in [6.45, 7) is 9.49. The van der Waals surface area contributed by atoms with Crippen molar-refractivity contribution >= 4 is 14.2 Å². The minimum atomic E-state index is -1.68. The average Bonchev–Trinajstić information content (AvgIpc) is 3.21. The standard InChI is InChI=1S/C30H34N2O2Si/c1-23(31-22-24-14-8-5-9-15-24)27(20-21-35(2,3)4)32-28(25-16-10-6-11-17-25)29(34-30(32)33)26-18-12-7-13-19-26/h5-19,23,27-29,31H,22H2,1-4H3/t23-,27-,28-,29+/m1/s1. The minimum absolute atomic E-state index is 0.0626. The van der Waals surface area contributed by atoms with Crippen LogP contribution in [0.5, 0.6) is 0 Å². The number of nitrogens with zero attached hydrogens (tertiary/aromatic N) is 1.